The molecule has 2 amide bonds. The monoisotopic (exact) mass is 269 g/mol. The van der Waals surface area contributed by atoms with Crippen LogP contribution in [0.25, 0.3) is 0 Å². The maximum atomic E-state index is 12.0. The highest BCUT2D eigenvalue weighted by Crippen LogP contribution is 2.02. The molecule has 0 bridgehead atoms. The van der Waals surface area contributed by atoms with E-state index >= 15 is 0 Å². The lowest BCUT2D eigenvalue weighted by molar-refractivity contribution is -0.122. The molecule has 0 heterocycles. The summed E-state index contributed by atoms with van der Waals surface area (Å²) in [5.74, 6) is 1.67. The van der Waals surface area contributed by atoms with Gasteiger partial charge in [-0.3, -0.25) is 9.59 Å². The van der Waals surface area contributed by atoms with Gasteiger partial charge < -0.3 is 10.6 Å². The summed E-state index contributed by atoms with van der Waals surface area (Å²) in [6.45, 7) is -0.105. The predicted octanol–water partition coefficient (Wildman–Crippen LogP) is 0.838. The number of rotatable bonds is 6. The van der Waals surface area contributed by atoms with E-state index < -0.39 is 11.9 Å². The van der Waals surface area contributed by atoms with Gasteiger partial charge in [-0.2, -0.15) is 5.26 Å². The Morgan fingerprint density at radius 2 is 2.00 bits per heavy atom. The van der Waals surface area contributed by atoms with Gasteiger partial charge in [-0.15, -0.1) is 12.3 Å². The predicted molar refractivity (Wildman–Crippen MR) is 74.4 cm³/mol. The molecular formula is C15H15N3O2. The third-order valence-corrected chi connectivity index (χ3v) is 2.58. The highest BCUT2D eigenvalue weighted by Gasteiger charge is 2.20. The zero-order chi connectivity index (χ0) is 14.8. The normalized spacial score (nSPS) is 10.7. The molecule has 1 aromatic carbocycles. The van der Waals surface area contributed by atoms with Gasteiger partial charge in [0.05, 0.1) is 6.07 Å². The van der Waals surface area contributed by atoms with Crippen LogP contribution in [0.2, 0.25) is 0 Å². The quantitative estimate of drug-likeness (QED) is 0.593. The van der Waals surface area contributed by atoms with Crippen molar-refractivity contribution in [3.05, 3.63) is 35.9 Å². The summed E-state index contributed by atoms with van der Waals surface area (Å²) >= 11 is 0. The number of terminal acetylenes is 1. The SMILES string of the molecule is C#CCCC(NC(=O)c1ccccc1)C(=O)NCC#N. The Labute approximate surface area is 118 Å². The van der Waals surface area contributed by atoms with Gasteiger partial charge in [0.1, 0.15) is 12.6 Å². The standard InChI is InChI=1S/C15H15N3O2/c1-2-3-9-13(15(20)17-11-10-16)18-14(19)12-7-5-4-6-8-12/h1,4-8,13H,3,9,11H2,(H,17,20)(H,18,19). The van der Waals surface area contributed by atoms with Gasteiger partial charge in [-0.25, -0.2) is 0 Å². The second-order valence-corrected chi connectivity index (χ2v) is 4.01. The van der Waals surface area contributed by atoms with Crippen LogP contribution in [0.1, 0.15) is 23.2 Å². The summed E-state index contributed by atoms with van der Waals surface area (Å²) in [5.41, 5.74) is 0.464. The van der Waals surface area contributed by atoms with E-state index in [4.69, 9.17) is 11.7 Å². The summed E-state index contributed by atoms with van der Waals surface area (Å²) in [7, 11) is 0. The number of nitrogens with one attached hydrogen (secondary N) is 2. The molecule has 0 aliphatic heterocycles. The minimum Gasteiger partial charge on any atom is -0.341 e. The average Bonchev–Trinajstić information content (AvgIpc) is 2.49. The van der Waals surface area contributed by atoms with Crippen molar-refractivity contribution in [1.82, 2.24) is 10.6 Å². The average molecular weight is 269 g/mol. The number of hydrogen-bond acceptors (Lipinski definition) is 3. The Morgan fingerprint density at radius 1 is 1.30 bits per heavy atom. The van der Waals surface area contributed by atoms with Gasteiger partial charge in [0.15, 0.2) is 0 Å². The minimum atomic E-state index is -0.743. The van der Waals surface area contributed by atoms with Crippen molar-refractivity contribution in [2.24, 2.45) is 0 Å². The van der Waals surface area contributed by atoms with E-state index in [0.29, 0.717) is 18.4 Å². The van der Waals surface area contributed by atoms with Crippen molar-refractivity contribution in [1.29, 1.82) is 5.26 Å². The number of nitrogens with zero attached hydrogens (tertiary/aromatic N) is 1. The fourth-order valence-corrected chi connectivity index (χ4v) is 1.58. The molecular weight excluding hydrogens is 254 g/mol. The Morgan fingerprint density at radius 3 is 2.60 bits per heavy atom. The second kappa shape index (κ2) is 8.34. The van der Waals surface area contributed by atoms with Crippen LogP contribution in [0, 0.1) is 23.7 Å². The second-order valence-electron chi connectivity index (χ2n) is 4.01. The summed E-state index contributed by atoms with van der Waals surface area (Å²) in [4.78, 5) is 23.8. The number of carbonyl (C=O) groups is 2. The third-order valence-electron chi connectivity index (χ3n) is 2.58. The first-order valence-electron chi connectivity index (χ1n) is 6.13. The molecule has 5 heteroatoms. The van der Waals surface area contributed by atoms with E-state index in [1.54, 1.807) is 30.3 Å². The summed E-state index contributed by atoms with van der Waals surface area (Å²) in [5, 5.41) is 13.5. The van der Waals surface area contributed by atoms with Crippen molar-refractivity contribution in [3.63, 3.8) is 0 Å². The van der Waals surface area contributed by atoms with Crippen molar-refractivity contribution >= 4 is 11.8 Å². The molecule has 0 aromatic heterocycles. The Balaban J connectivity index is 2.69. The maximum absolute atomic E-state index is 12.0. The van der Waals surface area contributed by atoms with Crippen LogP contribution in [0.3, 0.4) is 0 Å². The van der Waals surface area contributed by atoms with Crippen LogP contribution in [0.15, 0.2) is 30.3 Å². The van der Waals surface area contributed by atoms with Crippen LogP contribution in [-0.4, -0.2) is 24.4 Å². The highest BCUT2D eigenvalue weighted by atomic mass is 16.2. The fraction of sp³-hybridized carbons (Fsp3) is 0.267. The van der Waals surface area contributed by atoms with Crippen LogP contribution in [0.5, 0.6) is 0 Å². The van der Waals surface area contributed by atoms with Gasteiger partial charge >= 0.3 is 0 Å². The molecule has 2 N–H and O–H groups in total. The van der Waals surface area contributed by atoms with Gasteiger partial charge in [0.2, 0.25) is 5.91 Å². The highest BCUT2D eigenvalue weighted by molar-refractivity contribution is 5.97. The molecule has 0 radical (unpaired) electrons. The number of hydrogen-bond donors (Lipinski definition) is 2. The number of nitriles is 1. The molecule has 0 spiro atoms. The molecule has 1 unspecified atom stereocenters. The number of carbonyl (C=O) groups excluding carboxylic acids is 2. The molecule has 0 saturated carbocycles. The Hall–Kier alpha value is -2.79. The molecule has 0 aliphatic carbocycles. The third kappa shape index (κ3) is 4.83. The first kappa shape index (κ1) is 15.3. The molecule has 0 aliphatic rings. The van der Waals surface area contributed by atoms with Gasteiger partial charge in [-0.05, 0) is 18.6 Å². The van der Waals surface area contributed by atoms with E-state index in [0.717, 1.165) is 0 Å². The van der Waals surface area contributed by atoms with E-state index in [1.165, 1.54) is 0 Å². The van der Waals surface area contributed by atoms with E-state index in [2.05, 4.69) is 16.6 Å². The lowest BCUT2D eigenvalue weighted by atomic mass is 10.1. The van der Waals surface area contributed by atoms with Crippen LogP contribution in [-0.2, 0) is 4.79 Å². The smallest absolute Gasteiger partial charge is 0.251 e. The van der Waals surface area contributed by atoms with Crippen LogP contribution in [0.4, 0.5) is 0 Å². The zero-order valence-corrected chi connectivity index (χ0v) is 10.9. The first-order chi connectivity index (χ1) is 9.69. The van der Waals surface area contributed by atoms with E-state index in [9.17, 15) is 9.59 Å². The van der Waals surface area contributed by atoms with Gasteiger partial charge in [-0.1, -0.05) is 18.2 Å². The topological polar surface area (TPSA) is 82.0 Å². The van der Waals surface area contributed by atoms with Crippen molar-refractivity contribution in [2.75, 3.05) is 6.54 Å². The van der Waals surface area contributed by atoms with Crippen LogP contribution >= 0.6 is 0 Å². The van der Waals surface area contributed by atoms with Crippen LogP contribution < -0.4 is 10.6 Å². The summed E-state index contributed by atoms with van der Waals surface area (Å²) in [6.07, 6.45) is 5.86. The molecule has 102 valence electrons. The van der Waals surface area contributed by atoms with E-state index in [1.807, 2.05) is 6.07 Å². The molecule has 5 nitrogen and oxygen atoms in total. The maximum Gasteiger partial charge on any atom is 0.251 e. The zero-order valence-electron chi connectivity index (χ0n) is 10.9. The molecule has 0 saturated heterocycles. The molecule has 1 atom stereocenters. The largest absolute Gasteiger partial charge is 0.341 e. The number of amides is 2. The Bertz CT molecular complexity index is 540. The Kier molecular flexibility index (Phi) is 6.36. The van der Waals surface area contributed by atoms with E-state index in [-0.39, 0.29) is 12.5 Å². The molecule has 1 rings (SSSR count). The summed E-state index contributed by atoms with van der Waals surface area (Å²) < 4.78 is 0. The summed E-state index contributed by atoms with van der Waals surface area (Å²) in [6, 6.07) is 9.65. The van der Waals surface area contributed by atoms with Crippen molar-refractivity contribution in [2.45, 2.75) is 18.9 Å². The lowest BCUT2D eigenvalue weighted by Gasteiger charge is -2.16. The number of benzene rings is 1. The first-order valence-corrected chi connectivity index (χ1v) is 6.13. The minimum absolute atomic E-state index is 0.105. The van der Waals surface area contributed by atoms with Crippen molar-refractivity contribution < 1.29 is 9.59 Å². The van der Waals surface area contributed by atoms with Gasteiger partial charge in [0, 0.05) is 12.0 Å². The fourth-order valence-electron chi connectivity index (χ4n) is 1.58. The molecule has 1 aromatic rings. The lowest BCUT2D eigenvalue weighted by Crippen LogP contribution is -2.46. The molecule has 20 heavy (non-hydrogen) atoms. The van der Waals surface area contributed by atoms with Gasteiger partial charge in [0.25, 0.3) is 5.91 Å². The molecule has 0 fully saturated rings. The van der Waals surface area contributed by atoms with Crippen molar-refractivity contribution in [3.8, 4) is 18.4 Å².